The molecule has 106 valence electrons. The molecular formula is C14H23N3O2. The number of carbonyl (C=O) groups excluding carboxylic acids is 1. The highest BCUT2D eigenvalue weighted by atomic mass is 16.6. The van der Waals surface area contributed by atoms with Crippen LogP contribution in [0.15, 0.2) is 12.2 Å². The van der Waals surface area contributed by atoms with Crippen molar-refractivity contribution < 1.29 is 9.53 Å². The molecule has 1 saturated heterocycles. The second-order valence-corrected chi connectivity index (χ2v) is 5.80. The summed E-state index contributed by atoms with van der Waals surface area (Å²) in [6.07, 6.45) is 3.10. The number of ether oxygens (including phenoxy) is 1. The zero-order valence-corrected chi connectivity index (χ0v) is 12.2. The van der Waals surface area contributed by atoms with Gasteiger partial charge in [-0.1, -0.05) is 6.08 Å². The summed E-state index contributed by atoms with van der Waals surface area (Å²) >= 11 is 0. The molecule has 0 saturated carbocycles. The first-order valence-electron chi connectivity index (χ1n) is 6.60. The van der Waals surface area contributed by atoms with Crippen molar-refractivity contribution in [3.05, 3.63) is 12.2 Å². The summed E-state index contributed by atoms with van der Waals surface area (Å²) in [5.41, 5.74) is -0.451. The van der Waals surface area contributed by atoms with Crippen molar-refractivity contribution in [2.75, 3.05) is 26.2 Å². The highest BCUT2D eigenvalue weighted by molar-refractivity contribution is 5.68. The van der Waals surface area contributed by atoms with Gasteiger partial charge in [0, 0.05) is 38.3 Å². The maximum atomic E-state index is 12.0. The second kappa shape index (κ2) is 6.58. The molecule has 1 aliphatic rings. The molecule has 0 aromatic heterocycles. The van der Waals surface area contributed by atoms with E-state index in [2.05, 4.69) is 11.8 Å². The van der Waals surface area contributed by atoms with Crippen molar-refractivity contribution in [3.63, 3.8) is 0 Å². The van der Waals surface area contributed by atoms with E-state index in [0.29, 0.717) is 13.1 Å². The number of amides is 1. The van der Waals surface area contributed by atoms with Gasteiger partial charge < -0.3 is 9.64 Å². The van der Waals surface area contributed by atoms with E-state index < -0.39 is 5.60 Å². The van der Waals surface area contributed by atoms with Gasteiger partial charge in [-0.3, -0.25) is 4.90 Å². The van der Waals surface area contributed by atoms with E-state index in [1.54, 1.807) is 4.90 Å². The van der Waals surface area contributed by atoms with Crippen LogP contribution in [0.4, 0.5) is 4.79 Å². The molecule has 5 nitrogen and oxygen atoms in total. The van der Waals surface area contributed by atoms with Crippen LogP contribution in [0, 0.1) is 11.3 Å². The van der Waals surface area contributed by atoms with E-state index in [1.165, 1.54) is 6.08 Å². The van der Waals surface area contributed by atoms with Crippen LogP contribution in [0.5, 0.6) is 0 Å². The average Bonchev–Trinajstić information content (AvgIpc) is 2.29. The third-order valence-electron chi connectivity index (χ3n) is 2.95. The maximum absolute atomic E-state index is 12.0. The summed E-state index contributed by atoms with van der Waals surface area (Å²) in [5, 5.41) is 8.46. The quantitative estimate of drug-likeness (QED) is 0.717. The lowest BCUT2D eigenvalue weighted by Crippen LogP contribution is -2.54. The fourth-order valence-electron chi connectivity index (χ4n) is 2.00. The molecule has 0 spiro atoms. The molecule has 0 aliphatic carbocycles. The first kappa shape index (κ1) is 15.5. The Balaban J connectivity index is 2.47. The van der Waals surface area contributed by atoms with E-state index in [9.17, 15) is 4.79 Å². The number of hydrogen-bond acceptors (Lipinski definition) is 4. The van der Waals surface area contributed by atoms with Crippen molar-refractivity contribution in [3.8, 4) is 6.07 Å². The molecule has 0 aromatic carbocycles. The molecule has 19 heavy (non-hydrogen) atoms. The molecule has 0 radical (unpaired) electrons. The van der Waals surface area contributed by atoms with E-state index in [1.807, 2.05) is 32.9 Å². The highest BCUT2D eigenvalue weighted by Gasteiger charge is 2.29. The van der Waals surface area contributed by atoms with Crippen LogP contribution in [0.3, 0.4) is 0 Å². The van der Waals surface area contributed by atoms with Gasteiger partial charge in [0.25, 0.3) is 0 Å². The van der Waals surface area contributed by atoms with Gasteiger partial charge in [-0.05, 0) is 27.7 Å². The van der Waals surface area contributed by atoms with Crippen LogP contribution >= 0.6 is 0 Å². The van der Waals surface area contributed by atoms with Crippen LogP contribution < -0.4 is 0 Å². The zero-order chi connectivity index (χ0) is 14.5. The van der Waals surface area contributed by atoms with Crippen molar-refractivity contribution in [1.82, 2.24) is 9.80 Å². The van der Waals surface area contributed by atoms with Gasteiger partial charge in [-0.15, -0.1) is 0 Å². The molecule has 1 heterocycles. The summed E-state index contributed by atoms with van der Waals surface area (Å²) in [5.74, 6) is 0. The summed E-state index contributed by atoms with van der Waals surface area (Å²) < 4.78 is 5.37. The third kappa shape index (κ3) is 5.31. The topological polar surface area (TPSA) is 56.6 Å². The fraction of sp³-hybridized carbons (Fsp3) is 0.714. The average molecular weight is 265 g/mol. The van der Waals surface area contributed by atoms with Crippen LogP contribution in [0.25, 0.3) is 0 Å². The molecule has 0 N–H and O–H groups in total. The number of rotatable bonds is 2. The monoisotopic (exact) mass is 265 g/mol. The van der Waals surface area contributed by atoms with E-state index in [0.717, 1.165) is 13.1 Å². The Morgan fingerprint density at radius 2 is 2.16 bits per heavy atom. The lowest BCUT2D eigenvalue weighted by molar-refractivity contribution is 0.00743. The Labute approximate surface area is 115 Å². The first-order valence-corrected chi connectivity index (χ1v) is 6.60. The molecule has 1 atom stereocenters. The van der Waals surface area contributed by atoms with Crippen molar-refractivity contribution >= 4 is 6.09 Å². The lowest BCUT2D eigenvalue weighted by Gasteiger charge is -2.39. The first-order chi connectivity index (χ1) is 8.83. The Hall–Kier alpha value is -1.54. The molecule has 1 amide bonds. The number of nitriles is 1. The minimum absolute atomic E-state index is 0.244. The normalized spacial score (nSPS) is 21.4. The maximum Gasteiger partial charge on any atom is 0.410 e. The molecular weight excluding hydrogens is 242 g/mol. The molecule has 1 aliphatic heterocycles. The van der Waals surface area contributed by atoms with Crippen molar-refractivity contribution in [2.24, 2.45) is 0 Å². The summed E-state index contributed by atoms with van der Waals surface area (Å²) in [7, 11) is 0. The predicted octanol–water partition coefficient (Wildman–Crippen LogP) is 2.01. The molecule has 0 bridgehead atoms. The smallest absolute Gasteiger partial charge is 0.410 e. The lowest BCUT2D eigenvalue weighted by atomic mass is 10.2. The van der Waals surface area contributed by atoms with Gasteiger partial charge in [0.1, 0.15) is 5.60 Å². The Kier molecular flexibility index (Phi) is 5.37. The molecule has 1 rings (SSSR count). The van der Waals surface area contributed by atoms with Crippen LogP contribution in [-0.4, -0.2) is 53.7 Å². The van der Waals surface area contributed by atoms with Gasteiger partial charge in [-0.25, -0.2) is 4.79 Å². The van der Waals surface area contributed by atoms with E-state index in [-0.39, 0.29) is 12.1 Å². The second-order valence-electron chi connectivity index (χ2n) is 5.80. The molecule has 5 heteroatoms. The predicted molar refractivity (Wildman–Crippen MR) is 73.6 cm³/mol. The van der Waals surface area contributed by atoms with Gasteiger partial charge in [0.15, 0.2) is 0 Å². The minimum Gasteiger partial charge on any atom is -0.444 e. The number of hydrogen-bond donors (Lipinski definition) is 0. The molecule has 1 fully saturated rings. The van der Waals surface area contributed by atoms with Gasteiger partial charge in [0.05, 0.1) is 6.07 Å². The SMILES string of the molecule is C[C@H]1CN(C(=O)OC(C)(C)C)CCN1C/C=C\C#N. The number of allylic oxidation sites excluding steroid dienone is 1. The van der Waals surface area contributed by atoms with Crippen LogP contribution in [0.2, 0.25) is 0 Å². The molecule has 0 aromatic rings. The summed E-state index contributed by atoms with van der Waals surface area (Å²) in [6.45, 7) is 10.6. The minimum atomic E-state index is -0.451. The number of piperazine rings is 1. The van der Waals surface area contributed by atoms with Crippen LogP contribution in [0.1, 0.15) is 27.7 Å². The van der Waals surface area contributed by atoms with E-state index >= 15 is 0 Å². The fourth-order valence-corrected chi connectivity index (χ4v) is 2.00. The standard InChI is InChI=1S/C14H23N3O2/c1-12-11-17(13(18)19-14(2,3)4)10-9-16(12)8-6-5-7-15/h5-6,12H,8-11H2,1-4H3/b6-5-/t12-/m0/s1. The third-order valence-corrected chi connectivity index (χ3v) is 2.95. The Morgan fingerprint density at radius 1 is 1.47 bits per heavy atom. The van der Waals surface area contributed by atoms with Crippen molar-refractivity contribution in [1.29, 1.82) is 5.26 Å². The van der Waals surface area contributed by atoms with Gasteiger partial charge in [-0.2, -0.15) is 5.26 Å². The van der Waals surface area contributed by atoms with Gasteiger partial charge >= 0.3 is 6.09 Å². The van der Waals surface area contributed by atoms with E-state index in [4.69, 9.17) is 10.00 Å². The Morgan fingerprint density at radius 3 is 2.68 bits per heavy atom. The van der Waals surface area contributed by atoms with Crippen molar-refractivity contribution in [2.45, 2.75) is 39.3 Å². The largest absolute Gasteiger partial charge is 0.444 e. The summed E-state index contributed by atoms with van der Waals surface area (Å²) in [4.78, 5) is 15.9. The Bertz CT molecular complexity index is 379. The van der Waals surface area contributed by atoms with Crippen LogP contribution in [-0.2, 0) is 4.74 Å². The number of carbonyl (C=O) groups is 1. The highest BCUT2D eigenvalue weighted by Crippen LogP contribution is 2.14. The zero-order valence-electron chi connectivity index (χ0n) is 12.2. The summed E-state index contributed by atoms with van der Waals surface area (Å²) in [6, 6.07) is 2.25. The number of nitrogens with zero attached hydrogens (tertiary/aromatic N) is 3. The van der Waals surface area contributed by atoms with Gasteiger partial charge in [0.2, 0.25) is 0 Å². The molecule has 0 unspecified atom stereocenters.